The highest BCUT2D eigenvalue weighted by Crippen LogP contribution is 2.21. The number of fused-ring (bicyclic) bond motifs is 1. The van der Waals surface area contributed by atoms with Gasteiger partial charge in [0.2, 0.25) is 5.89 Å². The molecule has 0 fully saturated rings. The molecule has 0 saturated carbocycles. The molecule has 2 aromatic heterocycles. The lowest BCUT2D eigenvalue weighted by Crippen LogP contribution is -2.05. The molecule has 0 unspecified atom stereocenters. The maximum absolute atomic E-state index is 11.3. The van der Waals surface area contributed by atoms with E-state index in [1.54, 1.807) is 12.1 Å². The number of hydrogen-bond acceptors (Lipinski definition) is 4. The molecule has 0 amide bonds. The average molecular weight is 285 g/mol. The molecular weight excluding hydrogens is 270 g/mol. The van der Waals surface area contributed by atoms with Crippen LogP contribution in [0.2, 0.25) is 0 Å². The van der Waals surface area contributed by atoms with Gasteiger partial charge in [0.25, 0.3) is 0 Å². The van der Waals surface area contributed by atoms with Gasteiger partial charge in [0.05, 0.1) is 17.6 Å². The fourth-order valence-electron chi connectivity index (χ4n) is 2.39. The van der Waals surface area contributed by atoms with Gasteiger partial charge in [-0.3, -0.25) is 0 Å². The van der Waals surface area contributed by atoms with Gasteiger partial charge in [-0.15, -0.1) is 0 Å². The third kappa shape index (κ3) is 2.52. The quantitative estimate of drug-likeness (QED) is 0.779. The van der Waals surface area contributed by atoms with E-state index in [1.165, 1.54) is 0 Å². The third-order valence-corrected chi connectivity index (χ3v) is 3.30. The molecule has 2 heterocycles. The molecule has 1 N–H and O–H groups in total. The number of carboxylic acids is 1. The van der Waals surface area contributed by atoms with Crippen LogP contribution in [0.4, 0.5) is 0 Å². The van der Waals surface area contributed by atoms with Crippen LogP contribution in [-0.2, 0) is 13.0 Å². The van der Waals surface area contributed by atoms with Crippen molar-refractivity contribution in [1.29, 1.82) is 0 Å². The summed E-state index contributed by atoms with van der Waals surface area (Å²) in [5.41, 5.74) is 0.946. The third-order valence-electron chi connectivity index (χ3n) is 3.30. The first-order chi connectivity index (χ1) is 10.2. The monoisotopic (exact) mass is 285 g/mol. The number of rotatable bonds is 5. The molecule has 0 spiro atoms. The second kappa shape index (κ2) is 5.40. The van der Waals surface area contributed by atoms with Gasteiger partial charge >= 0.3 is 5.97 Å². The average Bonchev–Trinajstić information content (AvgIpc) is 3.07. The number of carbonyl (C=O) groups is 1. The molecule has 108 valence electrons. The van der Waals surface area contributed by atoms with Crippen molar-refractivity contribution in [2.45, 2.75) is 26.3 Å². The van der Waals surface area contributed by atoms with Gasteiger partial charge in [0, 0.05) is 18.0 Å². The number of para-hydroxylation sites is 1. The maximum atomic E-state index is 11.3. The first-order valence-corrected chi connectivity index (χ1v) is 6.81. The number of hydrogen-bond donors (Lipinski definition) is 1. The van der Waals surface area contributed by atoms with Crippen molar-refractivity contribution in [3.05, 3.63) is 47.7 Å². The van der Waals surface area contributed by atoms with E-state index in [0.29, 0.717) is 23.8 Å². The Balaban J connectivity index is 1.98. The van der Waals surface area contributed by atoms with Crippen LogP contribution in [0.25, 0.3) is 10.9 Å². The van der Waals surface area contributed by atoms with Crippen LogP contribution in [-0.4, -0.2) is 25.8 Å². The molecule has 0 atom stereocenters. The molecule has 0 bridgehead atoms. The lowest BCUT2D eigenvalue weighted by Gasteiger charge is -2.04. The summed E-state index contributed by atoms with van der Waals surface area (Å²) in [6.07, 6.45) is 3.53. The summed E-state index contributed by atoms with van der Waals surface area (Å²) in [5, 5.41) is 14.1. The number of aromatic nitrogens is 3. The van der Waals surface area contributed by atoms with Gasteiger partial charge in [-0.2, -0.15) is 4.98 Å². The zero-order chi connectivity index (χ0) is 14.8. The fourth-order valence-corrected chi connectivity index (χ4v) is 2.39. The summed E-state index contributed by atoms with van der Waals surface area (Å²) >= 11 is 0. The van der Waals surface area contributed by atoms with E-state index in [1.807, 2.05) is 29.8 Å². The molecule has 6 nitrogen and oxygen atoms in total. The zero-order valence-electron chi connectivity index (χ0n) is 11.6. The molecule has 0 aliphatic heterocycles. The fraction of sp³-hybridized carbons (Fsp3) is 0.267. The van der Waals surface area contributed by atoms with E-state index in [-0.39, 0.29) is 5.56 Å². The van der Waals surface area contributed by atoms with Gasteiger partial charge in [-0.25, -0.2) is 4.79 Å². The number of aromatic carboxylic acids is 1. The van der Waals surface area contributed by atoms with Crippen LogP contribution in [0.5, 0.6) is 0 Å². The Kier molecular flexibility index (Phi) is 3.43. The summed E-state index contributed by atoms with van der Waals surface area (Å²) in [6, 6.07) is 7.11. The Hall–Kier alpha value is -2.63. The second-order valence-corrected chi connectivity index (χ2v) is 4.85. The minimum Gasteiger partial charge on any atom is -0.478 e. The summed E-state index contributed by atoms with van der Waals surface area (Å²) < 4.78 is 6.99. The molecule has 3 aromatic rings. The standard InChI is InChI=1S/C15H15N3O3/c1-2-4-13-16-12(17-21-13)9-18-8-7-10-5-3-6-11(14(10)18)15(19)20/h3,5-8H,2,4,9H2,1H3,(H,19,20). The summed E-state index contributed by atoms with van der Waals surface area (Å²) in [6.45, 7) is 2.43. The summed E-state index contributed by atoms with van der Waals surface area (Å²) in [4.78, 5) is 15.7. The normalized spacial score (nSPS) is 11.1. The van der Waals surface area contributed by atoms with Crippen LogP contribution in [0.15, 0.2) is 35.0 Å². The zero-order valence-corrected chi connectivity index (χ0v) is 11.6. The number of benzene rings is 1. The molecule has 3 rings (SSSR count). The van der Waals surface area contributed by atoms with Gasteiger partial charge in [0.15, 0.2) is 5.82 Å². The van der Waals surface area contributed by atoms with E-state index in [2.05, 4.69) is 10.1 Å². The highest BCUT2D eigenvalue weighted by molar-refractivity contribution is 6.02. The predicted octanol–water partition coefficient (Wildman–Crippen LogP) is 2.72. The molecule has 1 aromatic carbocycles. The van der Waals surface area contributed by atoms with E-state index in [4.69, 9.17) is 4.52 Å². The highest BCUT2D eigenvalue weighted by atomic mass is 16.5. The minimum atomic E-state index is -0.944. The lowest BCUT2D eigenvalue weighted by molar-refractivity contribution is 0.0698. The Morgan fingerprint density at radius 2 is 2.24 bits per heavy atom. The van der Waals surface area contributed by atoms with Crippen LogP contribution >= 0.6 is 0 Å². The molecule has 21 heavy (non-hydrogen) atoms. The van der Waals surface area contributed by atoms with E-state index in [0.717, 1.165) is 18.2 Å². The second-order valence-electron chi connectivity index (χ2n) is 4.85. The van der Waals surface area contributed by atoms with Crippen molar-refractivity contribution in [3.63, 3.8) is 0 Å². The first kappa shape index (κ1) is 13.4. The summed E-state index contributed by atoms with van der Waals surface area (Å²) in [5.74, 6) is 0.221. The summed E-state index contributed by atoms with van der Waals surface area (Å²) in [7, 11) is 0. The Morgan fingerprint density at radius 3 is 3.00 bits per heavy atom. The smallest absolute Gasteiger partial charge is 0.337 e. The maximum Gasteiger partial charge on any atom is 0.337 e. The van der Waals surface area contributed by atoms with Crippen molar-refractivity contribution >= 4 is 16.9 Å². The van der Waals surface area contributed by atoms with Crippen LogP contribution < -0.4 is 0 Å². The molecule has 0 saturated heterocycles. The number of carboxylic acid groups (broad SMARTS) is 1. The van der Waals surface area contributed by atoms with Gasteiger partial charge < -0.3 is 14.2 Å². The van der Waals surface area contributed by atoms with Crippen LogP contribution in [0, 0.1) is 0 Å². The first-order valence-electron chi connectivity index (χ1n) is 6.81. The van der Waals surface area contributed by atoms with Gasteiger partial charge in [-0.05, 0) is 18.6 Å². The topological polar surface area (TPSA) is 81.2 Å². The van der Waals surface area contributed by atoms with E-state index < -0.39 is 5.97 Å². The Morgan fingerprint density at radius 1 is 1.38 bits per heavy atom. The Bertz CT molecular complexity index is 788. The van der Waals surface area contributed by atoms with Gasteiger partial charge in [0.1, 0.15) is 0 Å². The molecular formula is C15H15N3O3. The van der Waals surface area contributed by atoms with Crippen LogP contribution in [0.1, 0.15) is 35.4 Å². The SMILES string of the molecule is CCCc1nc(Cn2ccc3cccc(C(=O)O)c32)no1. The van der Waals surface area contributed by atoms with Crippen LogP contribution in [0.3, 0.4) is 0 Å². The molecule has 0 aliphatic rings. The lowest BCUT2D eigenvalue weighted by atomic mass is 10.1. The molecule has 6 heteroatoms. The number of nitrogens with zero attached hydrogens (tertiary/aromatic N) is 3. The number of aryl methyl sites for hydroxylation is 1. The van der Waals surface area contributed by atoms with Crippen molar-refractivity contribution in [3.8, 4) is 0 Å². The largest absolute Gasteiger partial charge is 0.478 e. The van der Waals surface area contributed by atoms with E-state index in [9.17, 15) is 9.90 Å². The molecule has 0 aliphatic carbocycles. The van der Waals surface area contributed by atoms with Crippen molar-refractivity contribution in [1.82, 2.24) is 14.7 Å². The van der Waals surface area contributed by atoms with E-state index >= 15 is 0 Å². The minimum absolute atomic E-state index is 0.273. The van der Waals surface area contributed by atoms with Gasteiger partial charge in [-0.1, -0.05) is 24.2 Å². The van der Waals surface area contributed by atoms with Crippen molar-refractivity contribution < 1.29 is 14.4 Å². The highest BCUT2D eigenvalue weighted by Gasteiger charge is 2.14. The predicted molar refractivity (Wildman–Crippen MR) is 76.3 cm³/mol. The van der Waals surface area contributed by atoms with Crippen molar-refractivity contribution in [2.24, 2.45) is 0 Å². The molecule has 0 radical (unpaired) electrons. The Labute approximate surface area is 121 Å². The van der Waals surface area contributed by atoms with Crippen molar-refractivity contribution in [2.75, 3.05) is 0 Å².